The first-order valence-electron chi connectivity index (χ1n) is 6.43. The third-order valence-corrected chi connectivity index (χ3v) is 3.17. The molecule has 102 valence electrons. The molecule has 0 atom stereocenters. The van der Waals surface area contributed by atoms with Crippen molar-refractivity contribution in [2.24, 2.45) is 0 Å². The molecule has 0 amide bonds. The van der Waals surface area contributed by atoms with Crippen LogP contribution in [0.4, 0.5) is 17.2 Å². The van der Waals surface area contributed by atoms with Crippen molar-refractivity contribution in [1.82, 2.24) is 4.98 Å². The van der Waals surface area contributed by atoms with Gasteiger partial charge in [-0.15, -0.1) is 0 Å². The first kappa shape index (κ1) is 13.9. The number of pyridine rings is 1. The molecule has 20 heavy (non-hydrogen) atoms. The minimum Gasteiger partial charge on any atom is -0.376 e. The summed E-state index contributed by atoms with van der Waals surface area (Å²) in [4.78, 5) is 6.21. The van der Waals surface area contributed by atoms with E-state index in [1.165, 1.54) is 5.56 Å². The van der Waals surface area contributed by atoms with Crippen molar-refractivity contribution in [3.05, 3.63) is 47.2 Å². The van der Waals surface area contributed by atoms with Crippen LogP contribution in [0, 0.1) is 25.2 Å². The van der Waals surface area contributed by atoms with Gasteiger partial charge in [0.1, 0.15) is 17.5 Å². The van der Waals surface area contributed by atoms with E-state index < -0.39 is 0 Å². The van der Waals surface area contributed by atoms with Crippen LogP contribution in [0.1, 0.15) is 16.7 Å². The van der Waals surface area contributed by atoms with Gasteiger partial charge in [0, 0.05) is 26.0 Å². The fraction of sp³-hybridized carbons (Fsp3) is 0.250. The second-order valence-corrected chi connectivity index (χ2v) is 5.00. The van der Waals surface area contributed by atoms with Crippen molar-refractivity contribution in [3.8, 4) is 6.07 Å². The smallest absolute Gasteiger partial charge is 0.150 e. The van der Waals surface area contributed by atoms with Crippen LogP contribution < -0.4 is 10.2 Å². The summed E-state index contributed by atoms with van der Waals surface area (Å²) in [6.45, 7) is 4.07. The van der Waals surface area contributed by atoms with E-state index in [9.17, 15) is 5.26 Å². The van der Waals surface area contributed by atoms with Gasteiger partial charge in [-0.3, -0.25) is 0 Å². The van der Waals surface area contributed by atoms with E-state index in [2.05, 4.69) is 34.6 Å². The molecule has 1 N–H and O–H groups in total. The lowest BCUT2D eigenvalue weighted by molar-refractivity contribution is 1.11. The Morgan fingerprint density at radius 2 is 1.95 bits per heavy atom. The number of hydrogen-bond acceptors (Lipinski definition) is 4. The molecule has 4 nitrogen and oxygen atoms in total. The highest BCUT2D eigenvalue weighted by molar-refractivity contribution is 5.73. The van der Waals surface area contributed by atoms with E-state index in [-0.39, 0.29) is 0 Å². The molecule has 0 saturated carbocycles. The Morgan fingerprint density at radius 3 is 2.60 bits per heavy atom. The Bertz CT molecular complexity index is 669. The van der Waals surface area contributed by atoms with Gasteiger partial charge in [0.05, 0.1) is 5.69 Å². The predicted molar refractivity (Wildman–Crippen MR) is 82.5 cm³/mol. The molecule has 0 aliphatic heterocycles. The van der Waals surface area contributed by atoms with Gasteiger partial charge in [-0.1, -0.05) is 12.1 Å². The lowest BCUT2D eigenvalue weighted by atomic mass is 10.1. The maximum atomic E-state index is 9.39. The fourth-order valence-electron chi connectivity index (χ4n) is 2.03. The molecule has 2 aromatic rings. The Kier molecular flexibility index (Phi) is 3.90. The molecule has 0 aliphatic rings. The van der Waals surface area contributed by atoms with E-state index in [0.29, 0.717) is 11.4 Å². The van der Waals surface area contributed by atoms with Crippen LogP contribution in [0.5, 0.6) is 0 Å². The second-order valence-electron chi connectivity index (χ2n) is 5.00. The van der Waals surface area contributed by atoms with Gasteiger partial charge in [0.2, 0.25) is 0 Å². The van der Waals surface area contributed by atoms with Crippen LogP contribution in [0.25, 0.3) is 0 Å². The molecule has 1 aromatic heterocycles. The van der Waals surface area contributed by atoms with E-state index >= 15 is 0 Å². The summed E-state index contributed by atoms with van der Waals surface area (Å²) in [5, 5.41) is 12.7. The van der Waals surface area contributed by atoms with Crippen LogP contribution in [-0.4, -0.2) is 19.1 Å². The van der Waals surface area contributed by atoms with Crippen molar-refractivity contribution in [2.75, 3.05) is 24.3 Å². The fourth-order valence-corrected chi connectivity index (χ4v) is 2.03. The number of nitrogens with one attached hydrogen (secondary N) is 1. The first-order valence-corrected chi connectivity index (χ1v) is 6.43. The second kappa shape index (κ2) is 5.62. The zero-order valence-electron chi connectivity index (χ0n) is 12.2. The number of hydrogen-bond donors (Lipinski definition) is 1. The lowest BCUT2D eigenvalue weighted by Crippen LogP contribution is -2.12. The van der Waals surface area contributed by atoms with Crippen molar-refractivity contribution in [3.63, 3.8) is 0 Å². The van der Waals surface area contributed by atoms with Gasteiger partial charge in [-0.2, -0.15) is 5.26 Å². The molecule has 4 heteroatoms. The summed E-state index contributed by atoms with van der Waals surface area (Å²) >= 11 is 0. The highest BCUT2D eigenvalue weighted by Gasteiger charge is 2.12. The Hall–Kier alpha value is -2.54. The minimum atomic E-state index is 0.554. The molecule has 0 bridgehead atoms. The summed E-state index contributed by atoms with van der Waals surface area (Å²) in [7, 11) is 3.83. The summed E-state index contributed by atoms with van der Waals surface area (Å²) in [5.74, 6) is 0.590. The van der Waals surface area contributed by atoms with Crippen LogP contribution in [-0.2, 0) is 0 Å². The highest BCUT2D eigenvalue weighted by atomic mass is 15.1. The molecular formula is C16H18N4. The van der Waals surface area contributed by atoms with Crippen LogP contribution in [0.2, 0.25) is 0 Å². The summed E-state index contributed by atoms with van der Waals surface area (Å²) in [6, 6.07) is 10.2. The van der Waals surface area contributed by atoms with Crippen LogP contribution in [0.3, 0.4) is 0 Å². The van der Waals surface area contributed by atoms with E-state index in [0.717, 1.165) is 16.9 Å². The van der Waals surface area contributed by atoms with Gasteiger partial charge in [-0.05, 0) is 37.1 Å². The molecule has 0 fully saturated rings. The van der Waals surface area contributed by atoms with Crippen molar-refractivity contribution >= 4 is 17.2 Å². The van der Waals surface area contributed by atoms with Gasteiger partial charge >= 0.3 is 0 Å². The number of benzene rings is 1. The number of aromatic nitrogens is 1. The minimum absolute atomic E-state index is 0.554. The van der Waals surface area contributed by atoms with Gasteiger partial charge in [0.15, 0.2) is 0 Å². The molecule has 1 aromatic carbocycles. The monoisotopic (exact) mass is 266 g/mol. The van der Waals surface area contributed by atoms with E-state index in [1.807, 2.05) is 38.9 Å². The Morgan fingerprint density at radius 1 is 1.20 bits per heavy atom. The van der Waals surface area contributed by atoms with E-state index in [1.54, 1.807) is 6.20 Å². The number of nitriles is 1. The quantitative estimate of drug-likeness (QED) is 0.925. The molecule has 0 aliphatic carbocycles. The zero-order chi connectivity index (χ0) is 14.7. The summed E-state index contributed by atoms with van der Waals surface area (Å²) in [6.07, 6.45) is 1.71. The maximum absolute atomic E-state index is 9.39. The maximum Gasteiger partial charge on any atom is 0.150 e. The molecule has 0 spiro atoms. The molecular weight excluding hydrogens is 248 g/mol. The van der Waals surface area contributed by atoms with Crippen LogP contribution in [0.15, 0.2) is 30.5 Å². The number of anilines is 3. The first-order chi connectivity index (χ1) is 9.52. The normalized spacial score (nSPS) is 9.95. The third-order valence-electron chi connectivity index (χ3n) is 3.17. The zero-order valence-corrected chi connectivity index (χ0v) is 12.2. The topological polar surface area (TPSA) is 52.0 Å². The molecule has 1 heterocycles. The number of aryl methyl sites for hydroxylation is 2. The largest absolute Gasteiger partial charge is 0.376 e. The van der Waals surface area contributed by atoms with Crippen LogP contribution >= 0.6 is 0 Å². The third kappa shape index (κ3) is 2.72. The standard InChI is InChI=1S/C16H18N4/c1-11-5-6-12(2)14(9-11)19-16-13(10-17)15(20(3)4)7-8-18-16/h5-9H,1-4H3,(H,18,19). The highest BCUT2D eigenvalue weighted by Crippen LogP contribution is 2.27. The predicted octanol–water partition coefficient (Wildman–Crippen LogP) is 3.38. The average Bonchev–Trinajstić information content (AvgIpc) is 2.42. The molecule has 2 rings (SSSR count). The number of rotatable bonds is 3. The molecule has 0 unspecified atom stereocenters. The lowest BCUT2D eigenvalue weighted by Gasteiger charge is -2.17. The Balaban J connectivity index is 2.47. The summed E-state index contributed by atoms with van der Waals surface area (Å²) in [5.41, 5.74) is 4.68. The SMILES string of the molecule is Cc1ccc(C)c(Nc2nccc(N(C)C)c2C#N)c1. The van der Waals surface area contributed by atoms with Gasteiger partial charge < -0.3 is 10.2 Å². The molecule has 0 radical (unpaired) electrons. The molecule has 0 saturated heterocycles. The van der Waals surface area contributed by atoms with Crippen molar-refractivity contribution in [2.45, 2.75) is 13.8 Å². The van der Waals surface area contributed by atoms with Crippen molar-refractivity contribution < 1.29 is 0 Å². The number of nitrogens with zero attached hydrogens (tertiary/aromatic N) is 3. The van der Waals surface area contributed by atoms with Crippen molar-refractivity contribution in [1.29, 1.82) is 5.26 Å². The Labute approximate surface area is 119 Å². The van der Waals surface area contributed by atoms with Gasteiger partial charge in [0.25, 0.3) is 0 Å². The summed E-state index contributed by atoms with van der Waals surface area (Å²) < 4.78 is 0. The van der Waals surface area contributed by atoms with Gasteiger partial charge in [-0.25, -0.2) is 4.98 Å². The average molecular weight is 266 g/mol. The van der Waals surface area contributed by atoms with E-state index in [4.69, 9.17) is 0 Å².